The molecule has 2 N–H and O–H groups in total. The lowest BCUT2D eigenvalue weighted by atomic mass is 10.2. The Labute approximate surface area is 134 Å². The maximum atomic E-state index is 12.2. The molecule has 1 aromatic carbocycles. The number of pyridine rings is 1. The zero-order valence-corrected chi connectivity index (χ0v) is 13.4. The number of carboxylic acid groups (broad SMARTS) is 1. The molecule has 0 saturated heterocycles. The second-order valence-corrected chi connectivity index (χ2v) is 6.81. The smallest absolute Gasteiger partial charge is 0.337 e. The van der Waals surface area contributed by atoms with E-state index in [0.717, 1.165) is 6.07 Å². The number of aromatic carboxylic acids is 1. The molecule has 1 aromatic heterocycles. The average molecular weight is 392 g/mol. The summed E-state index contributed by atoms with van der Waals surface area (Å²) in [6.45, 7) is 0. The molecule has 0 aliphatic heterocycles. The third-order valence-electron chi connectivity index (χ3n) is 2.45. The van der Waals surface area contributed by atoms with Crippen LogP contribution in [0.5, 0.6) is 0 Å². The van der Waals surface area contributed by atoms with Gasteiger partial charge in [0.2, 0.25) is 0 Å². The minimum Gasteiger partial charge on any atom is -0.478 e. The van der Waals surface area contributed by atoms with Crippen LogP contribution < -0.4 is 4.72 Å². The first-order valence-electron chi connectivity index (χ1n) is 5.47. The van der Waals surface area contributed by atoms with Crippen molar-refractivity contribution in [2.24, 2.45) is 0 Å². The van der Waals surface area contributed by atoms with Crippen LogP contribution in [0.1, 0.15) is 10.4 Å². The van der Waals surface area contributed by atoms with E-state index in [0.29, 0.717) is 0 Å². The predicted molar refractivity (Wildman–Crippen MR) is 81.2 cm³/mol. The molecule has 6 nitrogen and oxygen atoms in total. The summed E-state index contributed by atoms with van der Waals surface area (Å²) in [4.78, 5) is 14.7. The molecule has 0 amide bonds. The predicted octanol–water partition coefficient (Wildman–Crippen LogP) is 3.00. The molecule has 0 aliphatic rings. The van der Waals surface area contributed by atoms with Crippen molar-refractivity contribution < 1.29 is 18.3 Å². The number of benzene rings is 1. The van der Waals surface area contributed by atoms with E-state index in [4.69, 9.17) is 16.7 Å². The second kappa shape index (κ2) is 6.00. The molecule has 2 rings (SSSR count). The van der Waals surface area contributed by atoms with Crippen molar-refractivity contribution in [3.05, 3.63) is 51.6 Å². The highest BCUT2D eigenvalue weighted by atomic mass is 79.9. The number of halogens is 2. The molecule has 0 saturated carbocycles. The van der Waals surface area contributed by atoms with E-state index >= 15 is 0 Å². The molecule has 0 radical (unpaired) electrons. The normalized spacial score (nSPS) is 11.1. The number of aromatic nitrogens is 1. The van der Waals surface area contributed by atoms with E-state index in [9.17, 15) is 13.2 Å². The minimum absolute atomic E-state index is 0.0701. The minimum atomic E-state index is -3.97. The Morgan fingerprint density at radius 3 is 2.62 bits per heavy atom. The van der Waals surface area contributed by atoms with Crippen molar-refractivity contribution in [2.75, 3.05) is 4.72 Å². The lowest BCUT2D eigenvalue weighted by Gasteiger charge is -2.09. The van der Waals surface area contributed by atoms with E-state index in [1.807, 2.05) is 0 Å². The van der Waals surface area contributed by atoms with Crippen molar-refractivity contribution >= 4 is 49.3 Å². The molecule has 0 aliphatic carbocycles. The summed E-state index contributed by atoms with van der Waals surface area (Å²) in [6.07, 6.45) is 1.43. The monoisotopic (exact) mass is 390 g/mol. The van der Waals surface area contributed by atoms with Gasteiger partial charge in [0.05, 0.1) is 15.5 Å². The summed E-state index contributed by atoms with van der Waals surface area (Å²) in [6, 6.07) is 6.94. The van der Waals surface area contributed by atoms with Gasteiger partial charge in [0.25, 0.3) is 10.0 Å². The highest BCUT2D eigenvalue weighted by Crippen LogP contribution is 2.30. The van der Waals surface area contributed by atoms with Crippen LogP contribution in [0.15, 0.2) is 45.9 Å². The first-order valence-corrected chi connectivity index (χ1v) is 8.13. The molecule has 110 valence electrons. The zero-order valence-electron chi connectivity index (χ0n) is 10.2. The summed E-state index contributed by atoms with van der Waals surface area (Å²) in [5.41, 5.74) is -0.313. The van der Waals surface area contributed by atoms with Crippen molar-refractivity contribution in [1.29, 1.82) is 0 Å². The highest BCUT2D eigenvalue weighted by molar-refractivity contribution is 9.10. The van der Waals surface area contributed by atoms with Gasteiger partial charge in [0, 0.05) is 10.7 Å². The number of carbonyl (C=O) groups is 1. The standard InChI is InChI=1S/C12H8BrClN2O4S/c13-9-6-7(5-8(11(9)14)12(17)18)21(19,20)16-10-3-1-2-4-15-10/h1-6H,(H,15,16)(H,17,18). The maximum absolute atomic E-state index is 12.2. The fourth-order valence-corrected chi connectivity index (χ4v) is 3.36. The number of hydrogen-bond donors (Lipinski definition) is 2. The second-order valence-electron chi connectivity index (χ2n) is 3.89. The summed E-state index contributed by atoms with van der Waals surface area (Å²) in [5.74, 6) is -1.20. The number of anilines is 1. The molecule has 0 atom stereocenters. The van der Waals surface area contributed by atoms with Crippen LogP contribution >= 0.6 is 27.5 Å². The Balaban J connectivity index is 2.48. The van der Waals surface area contributed by atoms with E-state index < -0.39 is 16.0 Å². The van der Waals surface area contributed by atoms with Gasteiger partial charge in [0.15, 0.2) is 0 Å². The Morgan fingerprint density at radius 2 is 2.05 bits per heavy atom. The highest BCUT2D eigenvalue weighted by Gasteiger charge is 2.21. The number of sulfonamides is 1. The van der Waals surface area contributed by atoms with Gasteiger partial charge in [0.1, 0.15) is 5.82 Å². The van der Waals surface area contributed by atoms with Gasteiger partial charge in [-0.15, -0.1) is 0 Å². The van der Waals surface area contributed by atoms with Crippen molar-refractivity contribution in [3.63, 3.8) is 0 Å². The number of nitrogens with one attached hydrogen (secondary N) is 1. The largest absolute Gasteiger partial charge is 0.478 e. The van der Waals surface area contributed by atoms with Gasteiger partial charge in [-0.25, -0.2) is 18.2 Å². The van der Waals surface area contributed by atoms with Crippen LogP contribution in [0, 0.1) is 0 Å². The van der Waals surface area contributed by atoms with E-state index in [-0.39, 0.29) is 25.8 Å². The van der Waals surface area contributed by atoms with Crippen molar-refractivity contribution in [1.82, 2.24) is 4.98 Å². The Morgan fingerprint density at radius 1 is 1.33 bits per heavy atom. The third kappa shape index (κ3) is 3.52. The summed E-state index contributed by atoms with van der Waals surface area (Å²) < 4.78 is 26.9. The number of hydrogen-bond acceptors (Lipinski definition) is 4. The van der Waals surface area contributed by atoms with Crippen LogP contribution in [0.2, 0.25) is 5.02 Å². The summed E-state index contributed by atoms with van der Waals surface area (Å²) >= 11 is 8.86. The van der Waals surface area contributed by atoms with Gasteiger partial charge in [-0.2, -0.15) is 0 Å². The van der Waals surface area contributed by atoms with Gasteiger partial charge >= 0.3 is 5.97 Å². The van der Waals surface area contributed by atoms with Crippen LogP contribution in [0.25, 0.3) is 0 Å². The fraction of sp³-hybridized carbons (Fsp3) is 0. The lowest BCUT2D eigenvalue weighted by Crippen LogP contribution is -2.15. The zero-order chi connectivity index (χ0) is 15.6. The van der Waals surface area contributed by atoms with Crippen molar-refractivity contribution in [2.45, 2.75) is 4.90 Å². The number of nitrogens with zero attached hydrogens (tertiary/aromatic N) is 1. The first kappa shape index (κ1) is 15.7. The first-order chi connectivity index (χ1) is 9.81. The molecular weight excluding hydrogens is 384 g/mol. The molecule has 21 heavy (non-hydrogen) atoms. The average Bonchev–Trinajstić information content (AvgIpc) is 2.41. The molecule has 2 aromatic rings. The fourth-order valence-electron chi connectivity index (χ4n) is 1.49. The lowest BCUT2D eigenvalue weighted by molar-refractivity contribution is 0.0696. The number of carboxylic acids is 1. The van der Waals surface area contributed by atoms with Crippen molar-refractivity contribution in [3.8, 4) is 0 Å². The van der Waals surface area contributed by atoms with Gasteiger partial charge in [-0.05, 0) is 40.2 Å². The molecule has 1 heterocycles. The third-order valence-corrected chi connectivity index (χ3v) is 5.04. The molecule has 0 unspecified atom stereocenters. The molecular formula is C12H8BrClN2O4S. The van der Waals surface area contributed by atoms with E-state index in [2.05, 4.69) is 25.6 Å². The van der Waals surface area contributed by atoms with E-state index in [1.165, 1.54) is 18.3 Å². The van der Waals surface area contributed by atoms with Crippen LogP contribution in [0.3, 0.4) is 0 Å². The molecule has 9 heteroatoms. The van der Waals surface area contributed by atoms with Crippen LogP contribution in [-0.4, -0.2) is 24.5 Å². The van der Waals surface area contributed by atoms with E-state index in [1.54, 1.807) is 12.1 Å². The summed E-state index contributed by atoms with van der Waals surface area (Å²) in [7, 11) is -3.97. The Kier molecular flexibility index (Phi) is 4.50. The maximum Gasteiger partial charge on any atom is 0.337 e. The number of rotatable bonds is 4. The van der Waals surface area contributed by atoms with Crippen LogP contribution in [-0.2, 0) is 10.0 Å². The Hall–Kier alpha value is -1.64. The quantitative estimate of drug-likeness (QED) is 0.835. The molecule has 0 fully saturated rings. The van der Waals surface area contributed by atoms with Crippen LogP contribution in [0.4, 0.5) is 5.82 Å². The molecule has 0 spiro atoms. The Bertz CT molecular complexity index is 796. The summed E-state index contributed by atoms with van der Waals surface area (Å²) in [5, 5.41) is 8.97. The SMILES string of the molecule is O=C(O)c1cc(S(=O)(=O)Nc2ccccn2)cc(Br)c1Cl. The van der Waals surface area contributed by atoms with Gasteiger partial charge < -0.3 is 5.11 Å². The molecule has 0 bridgehead atoms. The topological polar surface area (TPSA) is 96.4 Å². The van der Waals surface area contributed by atoms with Gasteiger partial charge in [-0.3, -0.25) is 4.72 Å². The van der Waals surface area contributed by atoms with Gasteiger partial charge in [-0.1, -0.05) is 17.7 Å².